The molecule has 0 spiro atoms. The maximum absolute atomic E-state index is 3.82. The lowest BCUT2D eigenvalue weighted by molar-refractivity contribution is 1.23. The van der Waals surface area contributed by atoms with Crippen molar-refractivity contribution < 1.29 is 0 Å². The summed E-state index contributed by atoms with van der Waals surface area (Å²) in [6.45, 7) is 0. The van der Waals surface area contributed by atoms with Gasteiger partial charge in [0.2, 0.25) is 0 Å². The minimum atomic E-state index is -0.526. The van der Waals surface area contributed by atoms with Gasteiger partial charge in [0.1, 0.15) is 0 Å². The second kappa shape index (κ2) is 6.65. The summed E-state index contributed by atoms with van der Waals surface area (Å²) >= 11 is 3.82. The van der Waals surface area contributed by atoms with Crippen LogP contribution in [0, 0.1) is 0 Å². The maximum Gasteiger partial charge on any atom is 0.0322 e. The quantitative estimate of drug-likeness (QED) is 0.444. The van der Waals surface area contributed by atoms with Crippen LogP contribution >= 0.6 is 23.9 Å². The molecule has 0 nitrogen and oxygen atoms in total. The van der Waals surface area contributed by atoms with Crippen LogP contribution in [0.5, 0.6) is 0 Å². The Hall–Kier alpha value is -1.95. The number of halogens is 1. The molecule has 0 aliphatic heterocycles. The van der Waals surface area contributed by atoms with Crippen LogP contribution in [0.3, 0.4) is 0 Å². The highest BCUT2D eigenvalue weighted by atomic mass is 79.9. The van der Waals surface area contributed by atoms with Crippen LogP contribution < -0.4 is 10.6 Å². The SMILES string of the molecule is Brc1cccc2c1C(P(c1ccccc1)c1cccc3c1C=CC3)C=C2. The van der Waals surface area contributed by atoms with Crippen molar-refractivity contribution in [3.63, 3.8) is 0 Å². The third-order valence-corrected chi connectivity index (χ3v) is 8.65. The Morgan fingerprint density at radius 3 is 2.58 bits per heavy atom. The molecule has 0 heterocycles. The molecule has 0 fully saturated rings. The summed E-state index contributed by atoms with van der Waals surface area (Å²) in [4.78, 5) is 0. The van der Waals surface area contributed by atoms with Crippen LogP contribution in [0.2, 0.25) is 0 Å². The third-order valence-electron chi connectivity index (χ3n) is 5.21. The van der Waals surface area contributed by atoms with Crippen molar-refractivity contribution in [3.8, 4) is 0 Å². The van der Waals surface area contributed by atoms with Gasteiger partial charge in [0.15, 0.2) is 0 Å². The van der Waals surface area contributed by atoms with Crippen LogP contribution in [-0.2, 0) is 6.42 Å². The molecule has 2 aliphatic carbocycles. The van der Waals surface area contributed by atoms with E-state index in [1.807, 2.05) is 0 Å². The maximum atomic E-state index is 3.82. The molecule has 0 amide bonds. The first kappa shape index (κ1) is 16.2. The molecule has 2 unspecified atom stereocenters. The van der Waals surface area contributed by atoms with Gasteiger partial charge >= 0.3 is 0 Å². The molecule has 2 atom stereocenters. The normalized spacial score (nSPS) is 18.0. The number of hydrogen-bond acceptors (Lipinski definition) is 0. The minimum Gasteiger partial charge on any atom is -0.0795 e. The number of fused-ring (bicyclic) bond motifs is 2. The largest absolute Gasteiger partial charge is 0.0795 e. The van der Waals surface area contributed by atoms with Gasteiger partial charge in [0, 0.05) is 10.1 Å². The van der Waals surface area contributed by atoms with Crippen molar-refractivity contribution in [3.05, 3.63) is 106 Å². The highest BCUT2D eigenvalue weighted by Crippen LogP contribution is 2.56. The van der Waals surface area contributed by atoms with E-state index in [9.17, 15) is 0 Å². The Kier molecular flexibility index (Phi) is 4.15. The fourth-order valence-electron chi connectivity index (χ4n) is 4.04. The Morgan fingerprint density at radius 2 is 1.69 bits per heavy atom. The number of hydrogen-bond donors (Lipinski definition) is 0. The molecule has 3 aromatic carbocycles. The summed E-state index contributed by atoms with van der Waals surface area (Å²) in [5.74, 6) is 0. The van der Waals surface area contributed by atoms with Gasteiger partial charge in [-0.2, -0.15) is 0 Å². The van der Waals surface area contributed by atoms with Gasteiger partial charge in [-0.05, 0) is 53.3 Å². The van der Waals surface area contributed by atoms with E-state index in [4.69, 9.17) is 0 Å². The highest BCUT2D eigenvalue weighted by Gasteiger charge is 2.31. The van der Waals surface area contributed by atoms with Crippen LogP contribution in [0.4, 0.5) is 0 Å². The van der Waals surface area contributed by atoms with Crippen molar-refractivity contribution in [2.45, 2.75) is 12.1 Å². The molecule has 0 N–H and O–H groups in total. The Bertz CT molecular complexity index is 1030. The number of allylic oxidation sites excluding steroid dienone is 2. The van der Waals surface area contributed by atoms with Gasteiger partial charge in [0.25, 0.3) is 0 Å². The highest BCUT2D eigenvalue weighted by molar-refractivity contribution is 9.10. The van der Waals surface area contributed by atoms with Crippen LogP contribution in [0.15, 0.2) is 83.4 Å². The van der Waals surface area contributed by atoms with Crippen LogP contribution in [0.25, 0.3) is 12.2 Å². The van der Waals surface area contributed by atoms with E-state index in [0.29, 0.717) is 5.66 Å². The van der Waals surface area contributed by atoms with E-state index >= 15 is 0 Å². The zero-order valence-electron chi connectivity index (χ0n) is 14.3. The smallest absolute Gasteiger partial charge is 0.0322 e. The second-order valence-corrected chi connectivity index (χ2v) is 9.86. The molecular formula is C24H18BrP. The fraction of sp³-hybridized carbons (Fsp3) is 0.0833. The molecule has 3 aromatic rings. The van der Waals surface area contributed by atoms with Crippen LogP contribution in [0.1, 0.15) is 27.9 Å². The molecule has 0 saturated carbocycles. The Labute approximate surface area is 164 Å². The minimum absolute atomic E-state index is 0.401. The van der Waals surface area contributed by atoms with Crippen molar-refractivity contribution in [1.82, 2.24) is 0 Å². The molecule has 5 rings (SSSR count). The molecule has 0 aromatic heterocycles. The predicted molar refractivity (Wildman–Crippen MR) is 118 cm³/mol. The average molecular weight is 417 g/mol. The first-order chi connectivity index (χ1) is 12.8. The number of rotatable bonds is 3. The van der Waals surface area contributed by atoms with Gasteiger partial charge in [-0.15, -0.1) is 0 Å². The Balaban J connectivity index is 1.73. The standard InChI is InChI=1S/C24H18BrP/c25-21-13-5-9-18-15-16-23(24(18)21)26(19-10-2-1-3-11-19)22-14-6-8-17-7-4-12-20(17)22/h1-6,8-16,23H,7H2. The Morgan fingerprint density at radius 1 is 0.846 bits per heavy atom. The zero-order chi connectivity index (χ0) is 17.5. The van der Waals surface area contributed by atoms with E-state index < -0.39 is 7.92 Å². The third kappa shape index (κ3) is 2.62. The van der Waals surface area contributed by atoms with Crippen LogP contribution in [-0.4, -0.2) is 0 Å². The molecule has 26 heavy (non-hydrogen) atoms. The summed E-state index contributed by atoms with van der Waals surface area (Å²) < 4.78 is 1.22. The van der Waals surface area contributed by atoms with Crippen molar-refractivity contribution in [2.24, 2.45) is 0 Å². The lowest BCUT2D eigenvalue weighted by Gasteiger charge is -2.28. The first-order valence-corrected chi connectivity index (χ1v) is 11.1. The van der Waals surface area contributed by atoms with E-state index in [1.165, 1.54) is 37.3 Å². The molecule has 0 bridgehead atoms. The summed E-state index contributed by atoms with van der Waals surface area (Å²) in [7, 11) is -0.526. The van der Waals surface area contributed by atoms with Gasteiger partial charge in [-0.3, -0.25) is 0 Å². The predicted octanol–water partition coefficient (Wildman–Crippen LogP) is 6.22. The molecule has 126 valence electrons. The molecule has 2 aliphatic rings. The van der Waals surface area contributed by atoms with Crippen molar-refractivity contribution in [2.75, 3.05) is 0 Å². The monoisotopic (exact) mass is 416 g/mol. The van der Waals surface area contributed by atoms with Crippen molar-refractivity contribution in [1.29, 1.82) is 0 Å². The van der Waals surface area contributed by atoms with Crippen molar-refractivity contribution >= 4 is 46.6 Å². The fourth-order valence-corrected chi connectivity index (χ4v) is 7.77. The van der Waals surface area contributed by atoms with Gasteiger partial charge in [0.05, 0.1) is 0 Å². The van der Waals surface area contributed by atoms with E-state index in [0.717, 1.165) is 6.42 Å². The zero-order valence-corrected chi connectivity index (χ0v) is 16.8. The first-order valence-electron chi connectivity index (χ1n) is 8.92. The molecule has 0 saturated heterocycles. The van der Waals surface area contributed by atoms with E-state index in [2.05, 4.69) is 107 Å². The average Bonchev–Trinajstić information content (AvgIpc) is 3.31. The summed E-state index contributed by atoms with van der Waals surface area (Å²) in [6, 6.07) is 24.4. The van der Waals surface area contributed by atoms with Gasteiger partial charge < -0.3 is 0 Å². The second-order valence-electron chi connectivity index (χ2n) is 6.71. The lowest BCUT2D eigenvalue weighted by atomic mass is 10.1. The molecule has 2 heteroatoms. The number of benzene rings is 3. The van der Waals surface area contributed by atoms with Gasteiger partial charge in [-0.25, -0.2) is 0 Å². The lowest BCUT2D eigenvalue weighted by Crippen LogP contribution is -2.18. The van der Waals surface area contributed by atoms with E-state index in [-0.39, 0.29) is 0 Å². The van der Waals surface area contributed by atoms with Gasteiger partial charge in [-0.1, -0.05) is 101 Å². The summed E-state index contributed by atoms with van der Waals surface area (Å²) in [6.07, 6.45) is 10.4. The topological polar surface area (TPSA) is 0 Å². The van der Waals surface area contributed by atoms with E-state index in [1.54, 1.807) is 0 Å². The summed E-state index contributed by atoms with van der Waals surface area (Å²) in [5, 5.41) is 2.94. The molecule has 0 radical (unpaired) electrons. The summed E-state index contributed by atoms with van der Waals surface area (Å²) in [5.41, 5.74) is 6.08. The molecular weight excluding hydrogens is 399 g/mol.